The van der Waals surface area contributed by atoms with Crippen LogP contribution in [0.25, 0.3) is 0 Å². The Morgan fingerprint density at radius 2 is 1.71 bits per heavy atom. The number of nitrogens with zero attached hydrogens (tertiary/aromatic N) is 1. The predicted octanol–water partition coefficient (Wildman–Crippen LogP) is 3.65. The number of benzene rings is 1. The summed E-state index contributed by atoms with van der Waals surface area (Å²) >= 11 is 6.15. The van der Waals surface area contributed by atoms with E-state index >= 15 is 0 Å². The van der Waals surface area contributed by atoms with E-state index in [0.29, 0.717) is 11.6 Å². The topological polar surface area (TPSA) is 43.4 Å². The molecule has 4 nitrogen and oxygen atoms in total. The summed E-state index contributed by atoms with van der Waals surface area (Å²) in [6, 6.07) is 12.0. The summed E-state index contributed by atoms with van der Waals surface area (Å²) in [5, 5.41) is 3.92. The normalized spacial score (nSPS) is 18.6. The van der Waals surface area contributed by atoms with E-state index in [1.54, 1.807) is 6.20 Å². The van der Waals surface area contributed by atoms with Gasteiger partial charge < -0.3 is 14.6 Å². The Morgan fingerprint density at radius 1 is 1.08 bits per heavy atom. The maximum atomic E-state index is 6.15. The van der Waals surface area contributed by atoms with E-state index in [4.69, 9.17) is 20.9 Å². The highest BCUT2D eigenvalue weighted by Gasteiger charge is 2.52. The van der Waals surface area contributed by atoms with Crippen molar-refractivity contribution in [3.63, 3.8) is 0 Å². The lowest BCUT2D eigenvalue weighted by Gasteiger charge is -2.32. The summed E-state index contributed by atoms with van der Waals surface area (Å²) in [6.07, 6.45) is 1.63. The van der Waals surface area contributed by atoms with Crippen LogP contribution in [0.2, 0.25) is 5.02 Å². The largest absolute Gasteiger partial charge is 0.498 e. The standard InChI is InChI=1S/C18H22BClN2O2/c1-17(2)18(3,4)24-19(23-17)15-10-14(20)12-22-16(15)21-11-13-8-6-5-7-9-13/h5-10,12H,11H2,1-4H3,(H,21,22). The van der Waals surface area contributed by atoms with Gasteiger partial charge in [-0.1, -0.05) is 41.9 Å². The first-order chi connectivity index (χ1) is 11.3. The van der Waals surface area contributed by atoms with Gasteiger partial charge in [-0.3, -0.25) is 0 Å². The van der Waals surface area contributed by atoms with Crippen LogP contribution in [0.1, 0.15) is 33.3 Å². The van der Waals surface area contributed by atoms with Gasteiger partial charge in [-0.05, 0) is 39.3 Å². The van der Waals surface area contributed by atoms with Crippen LogP contribution in [0.3, 0.4) is 0 Å². The van der Waals surface area contributed by atoms with E-state index < -0.39 is 18.3 Å². The number of rotatable bonds is 4. The monoisotopic (exact) mass is 344 g/mol. The first-order valence-electron chi connectivity index (χ1n) is 8.07. The van der Waals surface area contributed by atoms with E-state index in [0.717, 1.165) is 11.3 Å². The summed E-state index contributed by atoms with van der Waals surface area (Å²) < 4.78 is 12.3. The van der Waals surface area contributed by atoms with Gasteiger partial charge in [-0.15, -0.1) is 0 Å². The van der Waals surface area contributed by atoms with Crippen molar-refractivity contribution < 1.29 is 9.31 Å². The molecule has 0 radical (unpaired) electrons. The van der Waals surface area contributed by atoms with E-state index in [1.165, 1.54) is 5.56 Å². The van der Waals surface area contributed by atoms with E-state index in [1.807, 2.05) is 52.0 Å². The molecular weight excluding hydrogens is 322 g/mol. The Labute approximate surface area is 148 Å². The minimum atomic E-state index is -0.500. The van der Waals surface area contributed by atoms with E-state index in [-0.39, 0.29) is 0 Å². The van der Waals surface area contributed by atoms with Gasteiger partial charge in [0.05, 0.1) is 16.2 Å². The summed E-state index contributed by atoms with van der Waals surface area (Å²) in [5.41, 5.74) is 1.18. The molecule has 1 aliphatic rings. The minimum absolute atomic E-state index is 0.406. The van der Waals surface area contributed by atoms with Gasteiger partial charge in [0.15, 0.2) is 0 Å². The molecule has 0 aliphatic carbocycles. The Hall–Kier alpha value is -1.56. The van der Waals surface area contributed by atoms with Crippen molar-refractivity contribution in [3.05, 3.63) is 53.2 Å². The molecule has 1 aromatic carbocycles. The van der Waals surface area contributed by atoms with Crippen LogP contribution < -0.4 is 10.8 Å². The van der Waals surface area contributed by atoms with Crippen LogP contribution in [-0.4, -0.2) is 23.3 Å². The fourth-order valence-corrected chi connectivity index (χ4v) is 2.70. The molecule has 0 spiro atoms. The number of aromatic nitrogens is 1. The number of hydrogen-bond acceptors (Lipinski definition) is 4. The van der Waals surface area contributed by atoms with Gasteiger partial charge in [-0.25, -0.2) is 4.98 Å². The quantitative estimate of drug-likeness (QED) is 0.860. The van der Waals surface area contributed by atoms with Crippen LogP contribution in [0, 0.1) is 0 Å². The first kappa shape index (κ1) is 17.3. The zero-order valence-electron chi connectivity index (χ0n) is 14.5. The molecule has 0 amide bonds. The number of pyridine rings is 1. The smallest absolute Gasteiger partial charge is 0.399 e. The second-order valence-electron chi connectivity index (χ2n) is 7.02. The molecule has 2 aromatic rings. The predicted molar refractivity (Wildman–Crippen MR) is 98.7 cm³/mol. The third-order valence-electron chi connectivity index (χ3n) is 4.69. The van der Waals surface area contributed by atoms with Crippen LogP contribution >= 0.6 is 11.6 Å². The molecule has 1 fully saturated rings. The molecular formula is C18H22BClN2O2. The summed E-state index contributed by atoms with van der Waals surface area (Å²) in [5.74, 6) is 0.724. The van der Waals surface area contributed by atoms with Crippen LogP contribution in [0.15, 0.2) is 42.6 Å². The molecule has 0 saturated carbocycles. The van der Waals surface area contributed by atoms with Gasteiger partial charge in [0.1, 0.15) is 5.82 Å². The average molecular weight is 345 g/mol. The summed E-state index contributed by atoms with van der Waals surface area (Å²) in [6.45, 7) is 8.79. The van der Waals surface area contributed by atoms with Gasteiger partial charge in [0.2, 0.25) is 0 Å². The number of halogens is 1. The van der Waals surface area contributed by atoms with Crippen molar-refractivity contribution >= 4 is 30.0 Å². The summed E-state index contributed by atoms with van der Waals surface area (Å²) in [4.78, 5) is 4.43. The lowest BCUT2D eigenvalue weighted by molar-refractivity contribution is 0.00578. The molecule has 0 atom stereocenters. The van der Waals surface area contributed by atoms with Gasteiger partial charge in [0, 0.05) is 18.2 Å². The highest BCUT2D eigenvalue weighted by atomic mass is 35.5. The van der Waals surface area contributed by atoms with E-state index in [2.05, 4.69) is 22.4 Å². The molecule has 1 N–H and O–H groups in total. The summed E-state index contributed by atoms with van der Waals surface area (Å²) in [7, 11) is -0.500. The lowest BCUT2D eigenvalue weighted by atomic mass is 9.79. The van der Waals surface area contributed by atoms with Crippen LogP contribution in [-0.2, 0) is 15.9 Å². The molecule has 1 saturated heterocycles. The van der Waals surface area contributed by atoms with Crippen molar-refractivity contribution in [1.29, 1.82) is 0 Å². The third kappa shape index (κ3) is 3.43. The highest BCUT2D eigenvalue weighted by molar-refractivity contribution is 6.64. The number of nitrogens with one attached hydrogen (secondary N) is 1. The number of anilines is 1. The lowest BCUT2D eigenvalue weighted by Crippen LogP contribution is -2.41. The molecule has 0 bridgehead atoms. The second-order valence-corrected chi connectivity index (χ2v) is 7.46. The molecule has 126 valence electrons. The van der Waals surface area contributed by atoms with Crippen molar-refractivity contribution in [3.8, 4) is 0 Å². The Kier molecular flexibility index (Phi) is 4.60. The fourth-order valence-electron chi connectivity index (χ4n) is 2.53. The second kappa shape index (κ2) is 6.39. The van der Waals surface area contributed by atoms with E-state index in [9.17, 15) is 0 Å². The molecule has 6 heteroatoms. The molecule has 24 heavy (non-hydrogen) atoms. The average Bonchev–Trinajstić information content (AvgIpc) is 2.75. The minimum Gasteiger partial charge on any atom is -0.399 e. The van der Waals surface area contributed by atoms with Gasteiger partial charge >= 0.3 is 7.12 Å². The van der Waals surface area contributed by atoms with Crippen molar-refractivity contribution in [2.24, 2.45) is 0 Å². The fraction of sp³-hybridized carbons (Fsp3) is 0.389. The van der Waals surface area contributed by atoms with Crippen molar-refractivity contribution in [2.45, 2.75) is 45.4 Å². The number of hydrogen-bond donors (Lipinski definition) is 1. The molecule has 0 unspecified atom stereocenters. The van der Waals surface area contributed by atoms with Gasteiger partial charge in [-0.2, -0.15) is 0 Å². The van der Waals surface area contributed by atoms with Crippen LogP contribution in [0.5, 0.6) is 0 Å². The van der Waals surface area contributed by atoms with Gasteiger partial charge in [0.25, 0.3) is 0 Å². The zero-order chi connectivity index (χ0) is 17.4. The Balaban J connectivity index is 1.84. The zero-order valence-corrected chi connectivity index (χ0v) is 15.2. The first-order valence-corrected chi connectivity index (χ1v) is 8.45. The van der Waals surface area contributed by atoms with Crippen molar-refractivity contribution in [1.82, 2.24) is 4.98 Å². The molecule has 2 heterocycles. The SMILES string of the molecule is CC1(C)OB(c2cc(Cl)cnc2NCc2ccccc2)OC1(C)C. The maximum Gasteiger partial charge on any atom is 0.498 e. The van der Waals surface area contributed by atoms with Crippen molar-refractivity contribution in [2.75, 3.05) is 5.32 Å². The molecule has 1 aliphatic heterocycles. The Bertz CT molecular complexity index is 706. The maximum absolute atomic E-state index is 6.15. The molecule has 3 rings (SSSR count). The Morgan fingerprint density at radius 3 is 2.33 bits per heavy atom. The highest BCUT2D eigenvalue weighted by Crippen LogP contribution is 2.37. The molecule has 1 aromatic heterocycles. The third-order valence-corrected chi connectivity index (χ3v) is 4.90. The van der Waals surface area contributed by atoms with Crippen LogP contribution in [0.4, 0.5) is 5.82 Å².